The largest absolute Gasteiger partial charge is 0.333 e. The lowest BCUT2D eigenvalue weighted by atomic mass is 10.1. The quantitative estimate of drug-likeness (QED) is 0.617. The summed E-state index contributed by atoms with van der Waals surface area (Å²) in [6.45, 7) is 0.544. The summed E-state index contributed by atoms with van der Waals surface area (Å²) in [7, 11) is -3.49. The summed E-state index contributed by atoms with van der Waals surface area (Å²) in [6, 6.07) is 16.1. The summed E-state index contributed by atoms with van der Waals surface area (Å²) in [5.41, 5.74) is 3.36. The minimum absolute atomic E-state index is 0.244. The van der Waals surface area contributed by atoms with E-state index in [-0.39, 0.29) is 16.8 Å². The third-order valence-corrected chi connectivity index (χ3v) is 8.04. The lowest BCUT2D eigenvalue weighted by Gasteiger charge is -2.30. The Kier molecular flexibility index (Phi) is 5.76. The third-order valence-electron chi connectivity index (χ3n) is 6.65. The van der Waals surface area contributed by atoms with E-state index < -0.39 is 10.0 Å². The Morgan fingerprint density at radius 2 is 1.78 bits per heavy atom. The number of benzene rings is 2. The molecule has 2 aromatic carbocycles. The maximum absolute atomic E-state index is 13.1. The van der Waals surface area contributed by atoms with Crippen molar-refractivity contribution in [1.82, 2.24) is 9.62 Å². The second-order valence-corrected chi connectivity index (χ2v) is 10.6. The number of aliphatic imine (C=N–C) groups is 1. The molecule has 168 valence electrons. The maximum atomic E-state index is 13.1. The lowest BCUT2D eigenvalue weighted by Crippen LogP contribution is -2.35. The number of aryl methyl sites for hydroxylation is 1. The Balaban J connectivity index is 1.12. The molecule has 2 aliphatic carbocycles. The van der Waals surface area contributed by atoms with E-state index in [4.69, 9.17) is 0 Å². The van der Waals surface area contributed by atoms with E-state index in [9.17, 15) is 13.2 Å². The summed E-state index contributed by atoms with van der Waals surface area (Å²) in [5.74, 6) is 0.703. The van der Waals surface area contributed by atoms with Gasteiger partial charge in [0.1, 0.15) is 5.84 Å². The van der Waals surface area contributed by atoms with Crippen molar-refractivity contribution in [2.75, 3.05) is 6.54 Å². The lowest BCUT2D eigenvalue weighted by molar-refractivity contribution is -0.134. The number of hydrogen-bond donors (Lipinski definition) is 1. The van der Waals surface area contributed by atoms with Gasteiger partial charge in [0, 0.05) is 24.6 Å². The first-order valence-electron chi connectivity index (χ1n) is 11.6. The van der Waals surface area contributed by atoms with Crippen LogP contribution in [0.15, 0.2) is 58.4 Å². The number of nitrogens with one attached hydrogen (secondary N) is 1. The highest BCUT2D eigenvalue weighted by Crippen LogP contribution is 2.42. The molecule has 0 radical (unpaired) electrons. The molecule has 5 rings (SSSR count). The molecule has 1 fully saturated rings. The van der Waals surface area contributed by atoms with Gasteiger partial charge in [-0.1, -0.05) is 42.8 Å². The van der Waals surface area contributed by atoms with Crippen molar-refractivity contribution in [1.29, 1.82) is 0 Å². The van der Waals surface area contributed by atoms with Crippen LogP contribution in [0.4, 0.5) is 0 Å². The summed E-state index contributed by atoms with van der Waals surface area (Å²) in [5, 5.41) is 0. The molecule has 1 heterocycles. The number of fused-ring (bicyclic) bond motifs is 2. The zero-order chi connectivity index (χ0) is 22.1. The molecule has 1 amide bonds. The summed E-state index contributed by atoms with van der Waals surface area (Å²) >= 11 is 0. The monoisotopic (exact) mass is 451 g/mol. The zero-order valence-electron chi connectivity index (χ0n) is 18.2. The van der Waals surface area contributed by atoms with Crippen molar-refractivity contribution in [3.63, 3.8) is 0 Å². The molecule has 0 bridgehead atoms. The molecule has 1 atom stereocenters. The van der Waals surface area contributed by atoms with Gasteiger partial charge < -0.3 is 4.90 Å². The highest BCUT2D eigenvalue weighted by atomic mass is 32.2. The normalized spacial score (nSPS) is 21.8. The molecule has 32 heavy (non-hydrogen) atoms. The van der Waals surface area contributed by atoms with Crippen molar-refractivity contribution >= 4 is 21.8 Å². The second kappa shape index (κ2) is 8.70. The number of rotatable bonds is 8. The van der Waals surface area contributed by atoms with Gasteiger partial charge in [-0.3, -0.25) is 14.5 Å². The fourth-order valence-electron chi connectivity index (χ4n) is 4.94. The Labute approximate surface area is 189 Å². The van der Waals surface area contributed by atoms with Crippen LogP contribution in [0.1, 0.15) is 67.7 Å². The molecule has 3 aliphatic rings. The van der Waals surface area contributed by atoms with Gasteiger partial charge in [-0.15, -0.1) is 0 Å². The number of carbonyl (C=O) groups is 1. The Morgan fingerprint density at radius 3 is 2.62 bits per heavy atom. The highest BCUT2D eigenvalue weighted by molar-refractivity contribution is 7.90. The zero-order valence-corrected chi connectivity index (χ0v) is 19.0. The molecule has 0 aromatic heterocycles. The molecule has 1 unspecified atom stereocenters. The number of hydrogen-bond acceptors (Lipinski definition) is 4. The number of unbranched alkanes of at least 4 members (excludes halogenated alkanes) is 2. The molecule has 0 spiro atoms. The van der Waals surface area contributed by atoms with Gasteiger partial charge in [-0.25, -0.2) is 8.42 Å². The van der Waals surface area contributed by atoms with E-state index in [1.165, 1.54) is 11.1 Å². The fraction of sp³-hybridized carbons (Fsp3) is 0.440. The molecular formula is C25H29N3O3S. The van der Waals surface area contributed by atoms with Crippen molar-refractivity contribution in [2.45, 2.75) is 68.3 Å². The second-order valence-electron chi connectivity index (χ2n) is 8.93. The van der Waals surface area contributed by atoms with E-state index in [1.54, 1.807) is 18.2 Å². The van der Waals surface area contributed by atoms with E-state index in [1.807, 2.05) is 6.07 Å². The van der Waals surface area contributed by atoms with Gasteiger partial charge >= 0.3 is 0 Å². The first-order chi connectivity index (χ1) is 15.5. The van der Waals surface area contributed by atoms with Crippen LogP contribution in [0, 0.1) is 0 Å². The van der Waals surface area contributed by atoms with Gasteiger partial charge in [0.2, 0.25) is 5.91 Å². The topological polar surface area (TPSA) is 78.8 Å². The molecule has 2 aromatic rings. The SMILES string of the molecule is O=C(CCCCCN=C1NS(=O)(=O)c2ccccc21)N(C1CC1)C1CCc2ccccc21. The van der Waals surface area contributed by atoms with Gasteiger partial charge in [0.25, 0.3) is 10.0 Å². The molecule has 1 saturated carbocycles. The van der Waals surface area contributed by atoms with E-state index in [0.29, 0.717) is 30.4 Å². The Hall–Kier alpha value is -2.67. The van der Waals surface area contributed by atoms with Gasteiger partial charge in [0.05, 0.1) is 10.9 Å². The standard InChI is InChI=1S/C25H29N3O3S/c29-24(28(19-14-15-19)22-16-13-18-8-3-4-9-20(18)22)12-2-1-7-17-26-25-21-10-5-6-11-23(21)32(30,31)27-25/h3-6,8-11,19,22H,1-2,7,12-17H2,(H,26,27). The van der Waals surface area contributed by atoms with Crippen LogP contribution >= 0.6 is 0 Å². The molecule has 1 aliphatic heterocycles. The average molecular weight is 452 g/mol. The number of amidine groups is 1. The molecule has 1 N–H and O–H groups in total. The van der Waals surface area contributed by atoms with Crippen LogP contribution < -0.4 is 4.72 Å². The smallest absolute Gasteiger partial charge is 0.263 e. The Bertz CT molecular complexity index is 1150. The molecule has 6 nitrogen and oxygen atoms in total. The van der Waals surface area contributed by atoms with E-state index in [2.05, 4.69) is 38.9 Å². The Morgan fingerprint density at radius 1 is 1.00 bits per heavy atom. The number of carbonyl (C=O) groups excluding carboxylic acids is 1. The van der Waals surface area contributed by atoms with E-state index in [0.717, 1.165) is 44.9 Å². The molecular weight excluding hydrogens is 422 g/mol. The van der Waals surface area contributed by atoms with Crippen molar-refractivity contribution < 1.29 is 13.2 Å². The summed E-state index contributed by atoms with van der Waals surface area (Å²) < 4.78 is 26.8. The number of nitrogens with zero attached hydrogens (tertiary/aromatic N) is 2. The molecule has 7 heteroatoms. The highest BCUT2D eigenvalue weighted by Gasteiger charge is 2.39. The fourth-order valence-corrected chi connectivity index (χ4v) is 6.20. The van der Waals surface area contributed by atoms with Crippen molar-refractivity contribution in [3.8, 4) is 0 Å². The van der Waals surface area contributed by atoms with Crippen LogP contribution in [-0.4, -0.2) is 37.6 Å². The molecule has 0 saturated heterocycles. The predicted molar refractivity (Wildman–Crippen MR) is 124 cm³/mol. The van der Waals surface area contributed by atoms with Crippen LogP contribution in [0.5, 0.6) is 0 Å². The summed E-state index contributed by atoms with van der Waals surface area (Å²) in [4.78, 5) is 20.0. The minimum Gasteiger partial charge on any atom is -0.333 e. The van der Waals surface area contributed by atoms with Crippen LogP contribution in [0.3, 0.4) is 0 Å². The van der Waals surface area contributed by atoms with Gasteiger partial charge in [-0.2, -0.15) is 0 Å². The third kappa shape index (κ3) is 4.18. The van der Waals surface area contributed by atoms with Crippen molar-refractivity contribution in [3.05, 3.63) is 65.2 Å². The number of amides is 1. The summed E-state index contributed by atoms with van der Waals surface area (Å²) in [6.07, 6.45) is 7.48. The maximum Gasteiger partial charge on any atom is 0.263 e. The van der Waals surface area contributed by atoms with Gasteiger partial charge in [0.15, 0.2) is 0 Å². The predicted octanol–water partition coefficient (Wildman–Crippen LogP) is 3.96. The van der Waals surface area contributed by atoms with E-state index >= 15 is 0 Å². The van der Waals surface area contributed by atoms with Crippen molar-refractivity contribution in [2.24, 2.45) is 4.99 Å². The first kappa shape index (κ1) is 21.2. The first-order valence-corrected chi connectivity index (χ1v) is 13.1. The number of sulfonamides is 1. The van der Waals surface area contributed by atoms with Crippen LogP contribution in [-0.2, 0) is 21.2 Å². The van der Waals surface area contributed by atoms with Gasteiger partial charge in [-0.05, 0) is 61.8 Å². The average Bonchev–Trinajstić information content (AvgIpc) is 3.48. The minimum atomic E-state index is -3.49. The van der Waals surface area contributed by atoms with Crippen LogP contribution in [0.2, 0.25) is 0 Å². The van der Waals surface area contributed by atoms with Crippen LogP contribution in [0.25, 0.3) is 0 Å².